The Balaban J connectivity index is 1.83. The number of nitrogens with zero attached hydrogens (tertiary/aromatic N) is 2. The van der Waals surface area contributed by atoms with E-state index in [0.717, 1.165) is 5.75 Å². The van der Waals surface area contributed by atoms with Crippen LogP contribution in [-0.4, -0.2) is 79.1 Å². The largest absolute Gasteiger partial charge is 0.511 e. The Bertz CT molecular complexity index is 614. The molecule has 2 aliphatic rings. The highest BCUT2D eigenvalue weighted by molar-refractivity contribution is 7.99. The molecular weight excluding hydrogens is 405 g/mol. The van der Waals surface area contributed by atoms with Gasteiger partial charge in [0.25, 0.3) is 0 Å². The van der Waals surface area contributed by atoms with Crippen LogP contribution in [0.25, 0.3) is 0 Å². The number of aliphatic imine (C=N–C) groups is 1. The van der Waals surface area contributed by atoms with Gasteiger partial charge in [-0.3, -0.25) is 4.99 Å². The summed E-state index contributed by atoms with van der Waals surface area (Å²) in [5.74, 6) is 2.17. The Hall–Kier alpha value is -0.720. The van der Waals surface area contributed by atoms with E-state index in [-0.39, 0.29) is 25.6 Å². The first-order chi connectivity index (χ1) is 12.6. The van der Waals surface area contributed by atoms with Gasteiger partial charge >= 0.3 is 15.5 Å². The van der Waals surface area contributed by atoms with Gasteiger partial charge in [-0.15, -0.1) is 0 Å². The molecule has 2 rings (SSSR count). The van der Waals surface area contributed by atoms with Crippen LogP contribution in [0.15, 0.2) is 4.99 Å². The van der Waals surface area contributed by atoms with Gasteiger partial charge in [0, 0.05) is 31.9 Å². The molecule has 3 N–H and O–H groups in total. The van der Waals surface area contributed by atoms with Crippen LogP contribution in [0.5, 0.6) is 0 Å². The fourth-order valence-electron chi connectivity index (χ4n) is 3.03. The second-order valence-electron chi connectivity index (χ2n) is 6.90. The minimum Gasteiger partial charge on any atom is -0.387 e. The Morgan fingerprint density at radius 3 is 2.52 bits per heavy atom. The molecule has 0 amide bonds. The van der Waals surface area contributed by atoms with E-state index in [9.17, 15) is 26.7 Å². The maximum atomic E-state index is 12.6. The summed E-state index contributed by atoms with van der Waals surface area (Å²) in [7, 11) is -5.24. The third-order valence-electron chi connectivity index (χ3n) is 4.72. The first-order valence-electron chi connectivity index (χ1n) is 8.96. The van der Waals surface area contributed by atoms with E-state index in [4.69, 9.17) is 0 Å². The molecule has 1 atom stereocenters. The van der Waals surface area contributed by atoms with Crippen LogP contribution in [0.3, 0.4) is 0 Å². The molecule has 0 aromatic carbocycles. The van der Waals surface area contributed by atoms with Crippen LogP contribution in [0.2, 0.25) is 0 Å². The first kappa shape index (κ1) is 22.6. The zero-order valence-corrected chi connectivity index (χ0v) is 16.9. The molecule has 0 aliphatic carbocycles. The maximum Gasteiger partial charge on any atom is 0.511 e. The minimum absolute atomic E-state index is 0.0543. The van der Waals surface area contributed by atoms with E-state index in [1.54, 1.807) is 11.8 Å². The number of rotatable bonds is 6. The van der Waals surface area contributed by atoms with Gasteiger partial charge in [-0.25, -0.2) is 8.42 Å². The van der Waals surface area contributed by atoms with Gasteiger partial charge in [0.05, 0.1) is 12.1 Å². The van der Waals surface area contributed by atoms with Gasteiger partial charge in [0.2, 0.25) is 0 Å². The smallest absolute Gasteiger partial charge is 0.387 e. The number of aliphatic hydroxyl groups is 1. The van der Waals surface area contributed by atoms with Crippen LogP contribution >= 0.6 is 11.8 Å². The van der Waals surface area contributed by atoms with Crippen molar-refractivity contribution in [3.8, 4) is 0 Å². The number of alkyl halides is 3. The topological polar surface area (TPSA) is 94.0 Å². The molecule has 0 bridgehead atoms. The van der Waals surface area contributed by atoms with Crippen molar-refractivity contribution >= 4 is 27.7 Å². The monoisotopic (exact) mass is 432 g/mol. The van der Waals surface area contributed by atoms with Crippen molar-refractivity contribution in [3.05, 3.63) is 0 Å². The van der Waals surface area contributed by atoms with Crippen molar-refractivity contribution in [2.75, 3.05) is 44.2 Å². The summed E-state index contributed by atoms with van der Waals surface area (Å²) in [5, 5.41) is 16.6. The molecule has 0 aromatic rings. The lowest BCUT2D eigenvalue weighted by atomic mass is 9.98. The summed E-state index contributed by atoms with van der Waals surface area (Å²) in [6.07, 6.45) is 1.40. The summed E-state index contributed by atoms with van der Waals surface area (Å²) < 4.78 is 61.2. The van der Waals surface area contributed by atoms with Crippen molar-refractivity contribution in [2.45, 2.75) is 37.3 Å². The highest BCUT2D eigenvalue weighted by Gasteiger charge is 2.50. The molecule has 2 aliphatic heterocycles. The van der Waals surface area contributed by atoms with E-state index in [1.807, 2.05) is 6.92 Å². The molecule has 0 saturated carbocycles. The highest BCUT2D eigenvalue weighted by atomic mass is 32.2. The summed E-state index contributed by atoms with van der Waals surface area (Å²) in [6, 6.07) is 0. The number of thioether (sulfide) groups is 1. The molecule has 27 heavy (non-hydrogen) atoms. The van der Waals surface area contributed by atoms with E-state index >= 15 is 0 Å². The SMILES string of the molecule is CCNC(=NCC1(O)CCSC1)NCC1CCN(S(=O)(=O)C(F)(F)F)CC1. The predicted octanol–water partition coefficient (Wildman–Crippen LogP) is 0.971. The Morgan fingerprint density at radius 1 is 1.33 bits per heavy atom. The number of sulfonamides is 1. The molecule has 158 valence electrons. The zero-order chi connectivity index (χ0) is 20.1. The molecule has 0 aromatic heterocycles. The van der Waals surface area contributed by atoms with E-state index in [0.29, 0.717) is 48.4 Å². The molecule has 12 heteroatoms. The fraction of sp³-hybridized carbons (Fsp3) is 0.933. The molecule has 2 saturated heterocycles. The number of hydrogen-bond donors (Lipinski definition) is 3. The molecule has 2 heterocycles. The van der Waals surface area contributed by atoms with Gasteiger partial charge in [-0.05, 0) is 37.9 Å². The molecule has 0 radical (unpaired) electrons. The number of hydrogen-bond acceptors (Lipinski definition) is 5. The zero-order valence-electron chi connectivity index (χ0n) is 15.3. The Morgan fingerprint density at radius 2 is 2.00 bits per heavy atom. The Labute approximate surface area is 162 Å². The third-order valence-corrected chi connectivity index (χ3v) is 7.59. The van der Waals surface area contributed by atoms with Gasteiger partial charge in [0.15, 0.2) is 5.96 Å². The number of nitrogens with one attached hydrogen (secondary N) is 2. The first-order valence-corrected chi connectivity index (χ1v) is 11.6. The lowest BCUT2D eigenvalue weighted by Crippen LogP contribution is -2.47. The van der Waals surface area contributed by atoms with Gasteiger partial charge < -0.3 is 15.7 Å². The quantitative estimate of drug-likeness (QED) is 0.428. The van der Waals surface area contributed by atoms with Crippen LogP contribution in [-0.2, 0) is 10.0 Å². The van der Waals surface area contributed by atoms with Crippen LogP contribution in [0, 0.1) is 5.92 Å². The van der Waals surface area contributed by atoms with Crippen LogP contribution in [0.1, 0.15) is 26.2 Å². The number of halogens is 3. The van der Waals surface area contributed by atoms with Crippen molar-refractivity contribution in [1.82, 2.24) is 14.9 Å². The van der Waals surface area contributed by atoms with Gasteiger partial charge in [-0.1, -0.05) is 0 Å². The second-order valence-corrected chi connectivity index (χ2v) is 9.93. The summed E-state index contributed by atoms with van der Waals surface area (Å²) in [6.45, 7) is 3.05. The van der Waals surface area contributed by atoms with Gasteiger partial charge in [0.1, 0.15) is 0 Å². The van der Waals surface area contributed by atoms with Crippen LogP contribution in [0.4, 0.5) is 13.2 Å². The number of guanidine groups is 1. The minimum atomic E-state index is -5.25. The fourth-order valence-corrected chi connectivity index (χ4v) is 5.30. The lowest BCUT2D eigenvalue weighted by Gasteiger charge is -2.31. The third kappa shape index (κ3) is 6.13. The summed E-state index contributed by atoms with van der Waals surface area (Å²) in [4.78, 5) is 4.41. The molecule has 2 fully saturated rings. The normalized spacial score (nSPS) is 26.3. The average Bonchev–Trinajstić information content (AvgIpc) is 3.04. The average molecular weight is 433 g/mol. The molecule has 1 unspecified atom stereocenters. The van der Waals surface area contributed by atoms with E-state index in [1.165, 1.54) is 0 Å². The maximum absolute atomic E-state index is 12.6. The van der Waals surface area contributed by atoms with Crippen molar-refractivity contribution in [2.24, 2.45) is 10.9 Å². The van der Waals surface area contributed by atoms with Crippen molar-refractivity contribution < 1.29 is 26.7 Å². The predicted molar refractivity (Wildman–Crippen MR) is 100 cm³/mol. The standard InChI is InChI=1S/C15H27F3N4O3S2/c1-2-19-13(21-10-14(23)5-8-26-11-14)20-9-12-3-6-22(7-4-12)27(24,25)15(16,17)18/h12,23H,2-11H2,1H3,(H2,19,20,21). The van der Waals surface area contributed by atoms with Crippen molar-refractivity contribution in [1.29, 1.82) is 0 Å². The van der Waals surface area contributed by atoms with E-state index < -0.39 is 21.1 Å². The second kappa shape index (κ2) is 9.19. The molecule has 0 spiro atoms. The summed E-state index contributed by atoms with van der Waals surface area (Å²) >= 11 is 1.69. The Kier molecular flexibility index (Phi) is 7.68. The number of piperidine rings is 1. The molecule has 7 nitrogen and oxygen atoms in total. The van der Waals surface area contributed by atoms with Gasteiger partial charge in [-0.2, -0.15) is 29.2 Å². The highest BCUT2D eigenvalue weighted by Crippen LogP contribution is 2.30. The van der Waals surface area contributed by atoms with E-state index in [2.05, 4.69) is 15.6 Å². The molecular formula is C15H27F3N4O3S2. The lowest BCUT2D eigenvalue weighted by molar-refractivity contribution is -0.0496. The summed E-state index contributed by atoms with van der Waals surface area (Å²) in [5.41, 5.74) is -6.04. The van der Waals surface area contributed by atoms with Crippen LogP contribution < -0.4 is 10.6 Å². The van der Waals surface area contributed by atoms with Crippen molar-refractivity contribution in [3.63, 3.8) is 0 Å².